The second-order valence-electron chi connectivity index (χ2n) is 5.24. The van der Waals surface area contributed by atoms with Crippen LogP contribution in [-0.2, 0) is 0 Å². The van der Waals surface area contributed by atoms with Crippen LogP contribution in [0, 0.1) is 0 Å². The van der Waals surface area contributed by atoms with Gasteiger partial charge >= 0.3 is 0 Å². The molecule has 2 N–H and O–H groups in total. The summed E-state index contributed by atoms with van der Waals surface area (Å²) in [7, 11) is 2.08. The molecule has 1 fully saturated rings. The van der Waals surface area contributed by atoms with Crippen LogP contribution in [0.25, 0.3) is 0 Å². The molecule has 1 saturated carbocycles. The van der Waals surface area contributed by atoms with Crippen molar-refractivity contribution < 1.29 is 4.74 Å². The van der Waals surface area contributed by atoms with Crippen LogP contribution in [0.5, 0.6) is 5.88 Å². The van der Waals surface area contributed by atoms with Crippen LogP contribution >= 0.6 is 0 Å². The fourth-order valence-electron chi connectivity index (χ4n) is 2.46. The van der Waals surface area contributed by atoms with Gasteiger partial charge < -0.3 is 15.4 Å². The fourth-order valence-corrected chi connectivity index (χ4v) is 2.46. The number of anilines is 1. The van der Waals surface area contributed by atoms with Crippen molar-refractivity contribution in [1.29, 1.82) is 0 Å². The Morgan fingerprint density at radius 2 is 2.05 bits per heavy atom. The summed E-state index contributed by atoms with van der Waals surface area (Å²) < 4.78 is 5.53. The molecule has 1 aliphatic rings. The van der Waals surface area contributed by atoms with Crippen molar-refractivity contribution in [3.63, 3.8) is 0 Å². The molecule has 2 rings (SSSR count). The van der Waals surface area contributed by atoms with E-state index in [0.717, 1.165) is 37.9 Å². The lowest BCUT2D eigenvalue weighted by Crippen LogP contribution is -2.39. The molecule has 0 bridgehead atoms. The third kappa shape index (κ3) is 3.80. The minimum Gasteiger partial charge on any atom is -0.477 e. The Morgan fingerprint density at radius 3 is 2.74 bits per heavy atom. The van der Waals surface area contributed by atoms with Crippen molar-refractivity contribution >= 4 is 5.82 Å². The highest BCUT2D eigenvalue weighted by molar-refractivity contribution is 5.38. The second kappa shape index (κ2) is 6.70. The van der Waals surface area contributed by atoms with E-state index in [4.69, 9.17) is 10.5 Å². The van der Waals surface area contributed by atoms with Gasteiger partial charge in [-0.05, 0) is 32.1 Å². The molecular formula is C14H24N4O. The van der Waals surface area contributed by atoms with Gasteiger partial charge in [0.15, 0.2) is 5.82 Å². The van der Waals surface area contributed by atoms with Crippen LogP contribution in [0.15, 0.2) is 12.4 Å². The zero-order valence-corrected chi connectivity index (χ0v) is 11.9. The molecule has 0 atom stereocenters. The first kappa shape index (κ1) is 14.1. The van der Waals surface area contributed by atoms with Crippen molar-refractivity contribution in [2.45, 2.75) is 51.1 Å². The molecule has 1 aromatic rings. The van der Waals surface area contributed by atoms with Crippen molar-refractivity contribution in [2.75, 3.05) is 18.6 Å². The highest BCUT2D eigenvalue weighted by Gasteiger charge is 2.23. The lowest BCUT2D eigenvalue weighted by Gasteiger charge is -2.34. The maximum absolute atomic E-state index is 5.95. The third-order valence-electron chi connectivity index (χ3n) is 3.70. The van der Waals surface area contributed by atoms with Gasteiger partial charge in [0.2, 0.25) is 5.88 Å². The van der Waals surface area contributed by atoms with Crippen LogP contribution in [-0.4, -0.2) is 35.7 Å². The maximum Gasteiger partial charge on any atom is 0.234 e. The number of rotatable bonds is 5. The summed E-state index contributed by atoms with van der Waals surface area (Å²) in [6.45, 7) is 2.76. The van der Waals surface area contributed by atoms with E-state index >= 15 is 0 Å². The Kier molecular flexibility index (Phi) is 4.96. The fraction of sp³-hybridized carbons (Fsp3) is 0.714. The number of nitrogens with zero attached hydrogens (tertiary/aromatic N) is 3. The van der Waals surface area contributed by atoms with Crippen molar-refractivity contribution in [1.82, 2.24) is 9.97 Å². The summed E-state index contributed by atoms with van der Waals surface area (Å²) in [5.74, 6) is 1.49. The van der Waals surface area contributed by atoms with Crippen molar-refractivity contribution in [2.24, 2.45) is 5.73 Å². The van der Waals surface area contributed by atoms with E-state index in [0.29, 0.717) is 24.6 Å². The maximum atomic E-state index is 5.95. The van der Waals surface area contributed by atoms with Gasteiger partial charge in [-0.3, -0.25) is 4.98 Å². The molecule has 5 nitrogen and oxygen atoms in total. The molecule has 0 saturated heterocycles. The van der Waals surface area contributed by atoms with E-state index in [-0.39, 0.29) is 0 Å². The largest absolute Gasteiger partial charge is 0.477 e. The van der Waals surface area contributed by atoms with Gasteiger partial charge in [0.05, 0.1) is 19.0 Å². The molecule has 0 aliphatic heterocycles. The Morgan fingerprint density at radius 1 is 1.32 bits per heavy atom. The molecule has 0 aromatic carbocycles. The number of aromatic nitrogens is 2. The average molecular weight is 264 g/mol. The number of nitrogens with two attached hydrogens (primary N) is 1. The van der Waals surface area contributed by atoms with E-state index in [9.17, 15) is 0 Å². The number of hydrogen-bond acceptors (Lipinski definition) is 5. The average Bonchev–Trinajstić information content (AvgIpc) is 2.45. The Bertz CT molecular complexity index is 391. The monoisotopic (exact) mass is 264 g/mol. The molecule has 0 radical (unpaired) electrons. The molecule has 0 spiro atoms. The van der Waals surface area contributed by atoms with E-state index in [2.05, 4.69) is 28.8 Å². The van der Waals surface area contributed by atoms with Gasteiger partial charge in [0, 0.05) is 19.1 Å². The Labute approximate surface area is 115 Å². The van der Waals surface area contributed by atoms with Crippen molar-refractivity contribution in [3.05, 3.63) is 12.4 Å². The van der Waals surface area contributed by atoms with Crippen LogP contribution in [0.4, 0.5) is 5.82 Å². The minimum absolute atomic E-state index is 0.370. The molecule has 106 valence electrons. The van der Waals surface area contributed by atoms with Gasteiger partial charge in [0.25, 0.3) is 0 Å². The van der Waals surface area contributed by atoms with E-state index < -0.39 is 0 Å². The topological polar surface area (TPSA) is 64.3 Å². The normalized spacial score (nSPS) is 23.1. The van der Waals surface area contributed by atoms with E-state index in [1.54, 1.807) is 12.4 Å². The molecule has 1 aromatic heterocycles. The predicted octanol–water partition coefficient (Wildman–Crippen LogP) is 1.97. The second-order valence-corrected chi connectivity index (χ2v) is 5.24. The van der Waals surface area contributed by atoms with Crippen LogP contribution < -0.4 is 15.4 Å². The molecule has 19 heavy (non-hydrogen) atoms. The zero-order valence-electron chi connectivity index (χ0n) is 11.9. The lowest BCUT2D eigenvalue weighted by molar-refractivity contribution is 0.303. The summed E-state index contributed by atoms with van der Waals surface area (Å²) in [5.41, 5.74) is 5.95. The lowest BCUT2D eigenvalue weighted by atomic mass is 9.91. The van der Waals surface area contributed by atoms with Gasteiger partial charge in [-0.2, -0.15) is 4.98 Å². The number of hydrogen-bond donors (Lipinski definition) is 1. The van der Waals surface area contributed by atoms with Gasteiger partial charge in [-0.15, -0.1) is 0 Å². The van der Waals surface area contributed by atoms with Crippen molar-refractivity contribution in [3.8, 4) is 5.88 Å². The summed E-state index contributed by atoms with van der Waals surface area (Å²) in [6, 6.07) is 0.880. The summed E-state index contributed by atoms with van der Waals surface area (Å²) in [5, 5.41) is 0. The van der Waals surface area contributed by atoms with Gasteiger partial charge in [0.1, 0.15) is 0 Å². The smallest absolute Gasteiger partial charge is 0.234 e. The summed E-state index contributed by atoms with van der Waals surface area (Å²) in [6.07, 6.45) is 8.88. The van der Waals surface area contributed by atoms with E-state index in [1.807, 2.05) is 0 Å². The first-order valence-electron chi connectivity index (χ1n) is 7.14. The Hall–Kier alpha value is -1.36. The SMILES string of the molecule is CCCOc1cncc(N(C)C2CCC(N)CC2)n1. The summed E-state index contributed by atoms with van der Waals surface area (Å²) >= 11 is 0. The Balaban J connectivity index is 1.99. The first-order valence-corrected chi connectivity index (χ1v) is 7.14. The van der Waals surface area contributed by atoms with Crippen LogP contribution in [0.3, 0.4) is 0 Å². The van der Waals surface area contributed by atoms with E-state index in [1.165, 1.54) is 0 Å². The molecular weight excluding hydrogens is 240 g/mol. The summed E-state index contributed by atoms with van der Waals surface area (Å²) in [4.78, 5) is 10.9. The standard InChI is InChI=1S/C14H24N4O/c1-3-8-19-14-10-16-9-13(17-14)18(2)12-6-4-11(15)5-7-12/h9-12H,3-8,15H2,1-2H3. The zero-order chi connectivity index (χ0) is 13.7. The third-order valence-corrected chi connectivity index (χ3v) is 3.70. The molecule has 0 unspecified atom stereocenters. The number of ether oxygens (including phenoxy) is 1. The van der Waals surface area contributed by atoms with Crippen LogP contribution in [0.2, 0.25) is 0 Å². The highest BCUT2D eigenvalue weighted by atomic mass is 16.5. The predicted molar refractivity (Wildman–Crippen MR) is 76.5 cm³/mol. The quantitative estimate of drug-likeness (QED) is 0.881. The highest BCUT2D eigenvalue weighted by Crippen LogP contribution is 2.25. The molecule has 1 heterocycles. The van der Waals surface area contributed by atoms with Crippen LogP contribution in [0.1, 0.15) is 39.0 Å². The molecule has 5 heteroatoms. The van der Waals surface area contributed by atoms with Gasteiger partial charge in [-0.25, -0.2) is 0 Å². The molecule has 1 aliphatic carbocycles. The minimum atomic E-state index is 0.370. The first-order chi connectivity index (χ1) is 9.20. The van der Waals surface area contributed by atoms with Gasteiger partial charge in [-0.1, -0.05) is 6.92 Å². The molecule has 0 amide bonds.